The van der Waals surface area contributed by atoms with Crippen LogP contribution in [0.3, 0.4) is 0 Å². The molecule has 2 aliphatic heterocycles. The predicted octanol–water partition coefficient (Wildman–Crippen LogP) is 25.2. The Morgan fingerprint density at radius 3 is 0.971 bits per heavy atom. The van der Waals surface area contributed by atoms with E-state index in [0.717, 1.165) is 95.6 Å². The van der Waals surface area contributed by atoms with Crippen LogP contribution in [0.2, 0.25) is 0 Å². The summed E-state index contributed by atoms with van der Waals surface area (Å²) in [7, 11) is 0. The molecular weight excluding hydrogens is 1270 g/mol. The Bertz CT molecular complexity index is 6050. The zero-order valence-electron chi connectivity index (χ0n) is 59.8. The summed E-state index contributed by atoms with van der Waals surface area (Å²) in [6, 6.07) is 131. The van der Waals surface area contributed by atoms with Gasteiger partial charge in [-0.1, -0.05) is 308 Å². The SMILES string of the molecule is CC(C)(C)c1ccc2c(c1)c1ccccc1n2-c1ccc2c(c1)N(c1c(-c3ccccc3)cccc1-c1ccccc1)c1cc(-c3c4ccccc4cc4ccccc34)cc3c1B2c1ccc(-n2c4ccccc4c4cc(C(C)(C)C)ccc42)cc1N3c1c(-c2ccccc2)cccc1-c1ccccc1. The van der Waals surface area contributed by atoms with Gasteiger partial charge in [-0.15, -0.1) is 0 Å². The Morgan fingerprint density at radius 2 is 0.590 bits per heavy atom. The van der Waals surface area contributed by atoms with Crippen molar-refractivity contribution in [2.45, 2.75) is 52.4 Å². The number of fused-ring (bicyclic) bond motifs is 12. The third-order valence-corrected chi connectivity index (χ3v) is 22.6. The minimum atomic E-state index is -0.276. The van der Waals surface area contributed by atoms with E-state index in [2.05, 4.69) is 406 Å². The number of hydrogen-bond acceptors (Lipinski definition) is 2. The topological polar surface area (TPSA) is 16.3 Å². The quantitative estimate of drug-likeness (QED) is 0.106. The first-order valence-corrected chi connectivity index (χ1v) is 36.9. The summed E-state index contributed by atoms with van der Waals surface area (Å²) in [5.41, 5.74) is 31.1. The van der Waals surface area contributed by atoms with Gasteiger partial charge in [0.15, 0.2) is 0 Å². The Morgan fingerprint density at radius 1 is 0.248 bits per heavy atom. The normalized spacial score (nSPS) is 12.8. The van der Waals surface area contributed by atoms with Gasteiger partial charge in [-0.05, 0) is 172 Å². The number of benzene rings is 16. The largest absolute Gasteiger partial charge is 0.310 e. The summed E-state index contributed by atoms with van der Waals surface area (Å²) in [4.78, 5) is 5.42. The molecule has 5 heteroatoms. The highest BCUT2D eigenvalue weighted by Gasteiger charge is 2.46. The zero-order chi connectivity index (χ0) is 70.4. The molecular formula is C100H75BN4. The number of aromatic nitrogens is 2. The molecule has 0 spiro atoms. The van der Waals surface area contributed by atoms with Crippen LogP contribution in [-0.4, -0.2) is 15.8 Å². The summed E-state index contributed by atoms with van der Waals surface area (Å²) in [5.74, 6) is 0. The molecule has 16 aromatic carbocycles. The van der Waals surface area contributed by atoms with Gasteiger partial charge < -0.3 is 18.9 Å². The van der Waals surface area contributed by atoms with Crippen LogP contribution in [0.4, 0.5) is 34.1 Å². The smallest absolute Gasteiger partial charge is 0.252 e. The van der Waals surface area contributed by atoms with Crippen molar-refractivity contribution in [2.75, 3.05) is 9.80 Å². The zero-order valence-corrected chi connectivity index (χ0v) is 59.8. The maximum atomic E-state index is 2.71. The second kappa shape index (κ2) is 24.0. The fraction of sp³-hybridized carbons (Fsp3) is 0.0800. The van der Waals surface area contributed by atoms with Crippen molar-refractivity contribution in [2.24, 2.45) is 0 Å². The van der Waals surface area contributed by atoms with Gasteiger partial charge in [0.1, 0.15) is 0 Å². The molecule has 498 valence electrons. The van der Waals surface area contributed by atoms with Gasteiger partial charge in [-0.25, -0.2) is 0 Å². The third kappa shape index (κ3) is 9.89. The number of hydrogen-bond donors (Lipinski definition) is 0. The van der Waals surface area contributed by atoms with Crippen LogP contribution in [-0.2, 0) is 10.8 Å². The lowest BCUT2D eigenvalue weighted by molar-refractivity contribution is 0.591. The van der Waals surface area contributed by atoms with Crippen molar-refractivity contribution in [3.8, 4) is 67.0 Å². The summed E-state index contributed by atoms with van der Waals surface area (Å²) >= 11 is 0. The molecule has 0 saturated heterocycles. The van der Waals surface area contributed by atoms with Crippen LogP contribution in [0.1, 0.15) is 52.7 Å². The molecule has 0 N–H and O–H groups in total. The average molecular weight is 1340 g/mol. The molecule has 20 rings (SSSR count). The Labute approximate surface area is 613 Å². The predicted molar refractivity (Wildman–Crippen MR) is 449 cm³/mol. The van der Waals surface area contributed by atoms with E-state index >= 15 is 0 Å². The van der Waals surface area contributed by atoms with Crippen molar-refractivity contribution < 1.29 is 0 Å². The maximum Gasteiger partial charge on any atom is 0.252 e. The Balaban J connectivity index is 0.984. The van der Waals surface area contributed by atoms with E-state index in [4.69, 9.17) is 0 Å². The van der Waals surface area contributed by atoms with Gasteiger partial charge >= 0.3 is 0 Å². The van der Waals surface area contributed by atoms with Crippen LogP contribution >= 0.6 is 0 Å². The van der Waals surface area contributed by atoms with E-state index in [9.17, 15) is 0 Å². The van der Waals surface area contributed by atoms with Gasteiger partial charge in [0.2, 0.25) is 0 Å². The average Bonchev–Trinajstić information content (AvgIpc) is 0.971. The highest BCUT2D eigenvalue weighted by molar-refractivity contribution is 7.00. The lowest BCUT2D eigenvalue weighted by Crippen LogP contribution is -2.61. The summed E-state index contributed by atoms with van der Waals surface area (Å²) in [6.45, 7) is 13.6. The first-order valence-electron chi connectivity index (χ1n) is 36.9. The minimum absolute atomic E-state index is 0.0469. The van der Waals surface area contributed by atoms with Crippen LogP contribution in [0.15, 0.2) is 346 Å². The maximum absolute atomic E-state index is 2.71. The van der Waals surface area contributed by atoms with Crippen LogP contribution < -0.4 is 26.2 Å². The third-order valence-electron chi connectivity index (χ3n) is 22.6. The summed E-state index contributed by atoms with van der Waals surface area (Å²) in [5, 5.41) is 9.73. The number of rotatable bonds is 9. The lowest BCUT2D eigenvalue weighted by Gasteiger charge is -2.46. The highest BCUT2D eigenvalue weighted by atomic mass is 15.2. The van der Waals surface area contributed by atoms with E-state index in [-0.39, 0.29) is 17.5 Å². The van der Waals surface area contributed by atoms with Crippen molar-refractivity contribution >= 4 is 122 Å². The molecule has 0 aliphatic carbocycles. The molecule has 0 atom stereocenters. The number of anilines is 6. The second-order valence-corrected chi connectivity index (χ2v) is 30.7. The van der Waals surface area contributed by atoms with Crippen molar-refractivity contribution in [3.05, 3.63) is 357 Å². The van der Waals surface area contributed by atoms with Gasteiger partial charge in [0, 0.05) is 77.9 Å². The number of nitrogens with zero attached hydrogens (tertiary/aromatic N) is 4. The first-order chi connectivity index (χ1) is 51.4. The monoisotopic (exact) mass is 1340 g/mol. The van der Waals surface area contributed by atoms with Crippen LogP contribution in [0.25, 0.3) is 132 Å². The first kappa shape index (κ1) is 62.1. The van der Waals surface area contributed by atoms with E-state index in [0.29, 0.717) is 0 Å². The molecule has 4 heterocycles. The van der Waals surface area contributed by atoms with E-state index < -0.39 is 0 Å². The molecule has 2 aliphatic rings. The summed E-state index contributed by atoms with van der Waals surface area (Å²) in [6.07, 6.45) is 0. The fourth-order valence-corrected chi connectivity index (χ4v) is 17.6. The van der Waals surface area contributed by atoms with Gasteiger partial charge in [0.25, 0.3) is 6.71 Å². The molecule has 4 nitrogen and oxygen atoms in total. The van der Waals surface area contributed by atoms with Crippen molar-refractivity contribution in [1.82, 2.24) is 9.13 Å². The molecule has 18 aromatic rings. The van der Waals surface area contributed by atoms with Crippen molar-refractivity contribution in [1.29, 1.82) is 0 Å². The Hall–Kier alpha value is -12.7. The number of para-hydroxylation sites is 4. The van der Waals surface area contributed by atoms with E-state index in [1.807, 2.05) is 0 Å². The molecule has 2 aromatic heterocycles. The molecule has 0 unspecified atom stereocenters. The molecule has 105 heavy (non-hydrogen) atoms. The molecule has 0 radical (unpaired) electrons. The highest BCUT2D eigenvalue weighted by Crippen LogP contribution is 2.55. The molecule has 0 amide bonds. The minimum Gasteiger partial charge on any atom is -0.310 e. The van der Waals surface area contributed by atoms with Crippen LogP contribution in [0.5, 0.6) is 0 Å². The van der Waals surface area contributed by atoms with Gasteiger partial charge in [-0.2, -0.15) is 0 Å². The standard InChI is InChI=1S/C100H75BN4/c1-99(2,3)71-49-55-89-83(60-71)81-41-23-25-47-87(81)102(89)73-51-53-85-91(62-73)104(97-77(64-29-11-7-12-30-64)43-27-44-78(97)65-31-13-8-14-32-65)93-58-70(95-75-39-21-19-37-68(75)57-69-38-20-22-40-76(69)95)59-94-96(93)101(85)86-54-52-74(103-88-48-26-24-42-82(88)84-61-72(100(4,5)6)50-56-90(84)103)63-92(86)105(94)98-79(66-33-15-9-16-34-66)45-28-46-80(98)67-35-17-10-18-36-67/h7-63H,1-6H3. The van der Waals surface area contributed by atoms with Crippen molar-refractivity contribution in [3.63, 3.8) is 0 Å². The lowest BCUT2D eigenvalue weighted by atomic mass is 9.33. The molecule has 0 fully saturated rings. The molecule has 0 saturated carbocycles. The fourth-order valence-electron chi connectivity index (χ4n) is 17.6. The second-order valence-electron chi connectivity index (χ2n) is 30.7. The summed E-state index contributed by atoms with van der Waals surface area (Å²) < 4.78 is 5.06. The van der Waals surface area contributed by atoms with Crippen LogP contribution in [0, 0.1) is 0 Å². The Kier molecular flexibility index (Phi) is 14.2. The molecule has 0 bridgehead atoms. The van der Waals surface area contributed by atoms with E-state index in [1.54, 1.807) is 0 Å². The van der Waals surface area contributed by atoms with Gasteiger partial charge in [0.05, 0.1) is 33.4 Å². The van der Waals surface area contributed by atoms with E-state index in [1.165, 1.54) is 98.2 Å². The van der Waals surface area contributed by atoms with Gasteiger partial charge in [-0.3, -0.25) is 0 Å².